The van der Waals surface area contributed by atoms with E-state index in [1.54, 1.807) is 27.7 Å². The predicted octanol–water partition coefficient (Wildman–Crippen LogP) is 3.59. The van der Waals surface area contributed by atoms with Crippen LogP contribution in [0.4, 0.5) is 5.69 Å². The van der Waals surface area contributed by atoms with Gasteiger partial charge in [0.25, 0.3) is 0 Å². The smallest absolute Gasteiger partial charge is 0.308 e. The van der Waals surface area contributed by atoms with Gasteiger partial charge in [-0.1, -0.05) is 50.2 Å². The minimum absolute atomic E-state index is 0.105. The second-order valence-corrected chi connectivity index (χ2v) is 10.1. The highest BCUT2D eigenvalue weighted by Gasteiger charge is 2.28. The first-order valence-corrected chi connectivity index (χ1v) is 11.9. The highest BCUT2D eigenvalue weighted by molar-refractivity contribution is 5.97. The van der Waals surface area contributed by atoms with Crippen molar-refractivity contribution in [1.82, 2.24) is 10.6 Å². The third-order valence-corrected chi connectivity index (χ3v) is 5.19. The first kappa shape index (κ1) is 27.8. The number of ether oxygens (including phenoxy) is 1. The summed E-state index contributed by atoms with van der Waals surface area (Å²) in [6, 6.07) is 11.1. The van der Waals surface area contributed by atoms with Crippen molar-refractivity contribution in [3.8, 4) is 0 Å². The van der Waals surface area contributed by atoms with Crippen LogP contribution in [0.15, 0.2) is 42.5 Å². The molecule has 3 atom stereocenters. The number of carbonyl (C=O) groups is 4. The van der Waals surface area contributed by atoms with Gasteiger partial charge in [-0.15, -0.1) is 0 Å². The summed E-state index contributed by atoms with van der Waals surface area (Å²) in [5.74, 6) is -1.36. The lowest BCUT2D eigenvalue weighted by atomic mass is 10.0. The number of fused-ring (bicyclic) bond motifs is 1. The third kappa shape index (κ3) is 9.03. The number of nitrogens with one attached hydrogen (secondary N) is 3. The van der Waals surface area contributed by atoms with E-state index in [9.17, 15) is 19.2 Å². The second kappa shape index (κ2) is 12.3. The van der Waals surface area contributed by atoms with E-state index >= 15 is 0 Å². The third-order valence-electron chi connectivity index (χ3n) is 5.19. The zero-order valence-electron chi connectivity index (χ0n) is 21.4. The van der Waals surface area contributed by atoms with E-state index in [1.807, 2.05) is 56.3 Å². The molecule has 35 heavy (non-hydrogen) atoms. The van der Waals surface area contributed by atoms with Gasteiger partial charge in [0, 0.05) is 11.1 Å². The Morgan fingerprint density at radius 2 is 1.60 bits per heavy atom. The van der Waals surface area contributed by atoms with Crippen molar-refractivity contribution in [2.24, 2.45) is 5.92 Å². The van der Waals surface area contributed by atoms with Gasteiger partial charge in [0.1, 0.15) is 24.0 Å². The van der Waals surface area contributed by atoms with Gasteiger partial charge in [-0.25, -0.2) is 0 Å². The maximum atomic E-state index is 13.0. The molecule has 0 saturated heterocycles. The van der Waals surface area contributed by atoms with Crippen LogP contribution in [-0.2, 0) is 23.9 Å². The van der Waals surface area contributed by atoms with E-state index in [1.165, 1.54) is 0 Å². The summed E-state index contributed by atoms with van der Waals surface area (Å²) in [6.07, 6.45) is 0.589. The van der Waals surface area contributed by atoms with Crippen LogP contribution in [0.2, 0.25) is 0 Å². The molecule has 3 N–H and O–H groups in total. The van der Waals surface area contributed by atoms with Gasteiger partial charge in [-0.2, -0.15) is 0 Å². The Bertz CT molecular complexity index is 1040. The van der Waals surface area contributed by atoms with Gasteiger partial charge in [0.05, 0.1) is 12.5 Å². The van der Waals surface area contributed by atoms with Crippen LogP contribution < -0.4 is 16.0 Å². The summed E-state index contributed by atoms with van der Waals surface area (Å²) in [7, 11) is 0. The number of benzene rings is 2. The van der Waals surface area contributed by atoms with Crippen molar-refractivity contribution in [3.05, 3.63) is 42.5 Å². The summed E-state index contributed by atoms with van der Waals surface area (Å²) < 4.78 is 5.23. The number of amides is 2. The molecule has 0 aliphatic heterocycles. The zero-order chi connectivity index (χ0) is 26.2. The number of anilines is 1. The number of hydrogen-bond donors (Lipinski definition) is 3. The van der Waals surface area contributed by atoms with Crippen molar-refractivity contribution in [2.45, 2.75) is 78.1 Å². The molecule has 2 unspecified atom stereocenters. The fourth-order valence-electron chi connectivity index (χ4n) is 3.63. The van der Waals surface area contributed by atoms with E-state index < -0.39 is 35.6 Å². The monoisotopic (exact) mass is 483 g/mol. The maximum absolute atomic E-state index is 13.0. The predicted molar refractivity (Wildman–Crippen MR) is 137 cm³/mol. The second-order valence-electron chi connectivity index (χ2n) is 10.1. The van der Waals surface area contributed by atoms with Crippen molar-refractivity contribution in [1.29, 1.82) is 0 Å². The van der Waals surface area contributed by atoms with Crippen LogP contribution in [0.25, 0.3) is 10.8 Å². The molecular weight excluding hydrogens is 446 g/mol. The van der Waals surface area contributed by atoms with Crippen molar-refractivity contribution >= 4 is 40.5 Å². The maximum Gasteiger partial charge on any atom is 0.308 e. The molecule has 8 nitrogen and oxygen atoms in total. The Morgan fingerprint density at radius 1 is 0.943 bits per heavy atom. The molecular formula is C27H37N3O5. The molecule has 2 aromatic carbocycles. The fourth-order valence-corrected chi connectivity index (χ4v) is 3.63. The molecule has 0 aromatic heterocycles. The average molecular weight is 484 g/mol. The van der Waals surface area contributed by atoms with Gasteiger partial charge >= 0.3 is 5.97 Å². The number of esters is 1. The minimum Gasteiger partial charge on any atom is -0.460 e. The summed E-state index contributed by atoms with van der Waals surface area (Å²) >= 11 is 0. The van der Waals surface area contributed by atoms with Crippen LogP contribution >= 0.6 is 0 Å². The van der Waals surface area contributed by atoms with E-state index in [4.69, 9.17) is 4.74 Å². The molecule has 0 spiro atoms. The van der Waals surface area contributed by atoms with E-state index in [0.717, 1.165) is 16.5 Å². The zero-order valence-corrected chi connectivity index (χ0v) is 21.4. The highest BCUT2D eigenvalue weighted by atomic mass is 16.6. The van der Waals surface area contributed by atoms with Crippen LogP contribution in [0, 0.1) is 5.92 Å². The quantitative estimate of drug-likeness (QED) is 0.333. The molecule has 2 amide bonds. The van der Waals surface area contributed by atoms with Crippen LogP contribution in [0.1, 0.15) is 54.4 Å². The topological polar surface area (TPSA) is 114 Å². The minimum atomic E-state index is -1.05. The SMILES string of the molecule is CC(C)CC(NC(=O)C(C)Nc1cccc2ccccc12)C(=O)N[C@H](C=O)CC(=O)OC(C)(C)C. The van der Waals surface area contributed by atoms with Crippen molar-refractivity contribution in [3.63, 3.8) is 0 Å². The normalized spacial score (nSPS) is 14.0. The van der Waals surface area contributed by atoms with Gasteiger partial charge < -0.3 is 25.5 Å². The van der Waals surface area contributed by atoms with Crippen molar-refractivity contribution in [2.75, 3.05) is 5.32 Å². The van der Waals surface area contributed by atoms with E-state index in [-0.39, 0.29) is 18.2 Å². The highest BCUT2D eigenvalue weighted by Crippen LogP contribution is 2.23. The number of hydrogen-bond acceptors (Lipinski definition) is 6. The fraction of sp³-hybridized carbons (Fsp3) is 0.481. The summed E-state index contributed by atoms with van der Waals surface area (Å²) in [6.45, 7) is 10.8. The molecule has 8 heteroatoms. The molecule has 2 rings (SSSR count). The van der Waals surface area contributed by atoms with Gasteiger partial charge in [0.2, 0.25) is 11.8 Å². The van der Waals surface area contributed by atoms with E-state index in [2.05, 4.69) is 16.0 Å². The molecule has 0 heterocycles. The molecule has 0 fully saturated rings. The van der Waals surface area contributed by atoms with Gasteiger partial charge in [0.15, 0.2) is 0 Å². The van der Waals surface area contributed by atoms with E-state index in [0.29, 0.717) is 12.7 Å². The Hall–Kier alpha value is -3.42. The lowest BCUT2D eigenvalue weighted by Gasteiger charge is -2.25. The van der Waals surface area contributed by atoms with Crippen molar-refractivity contribution < 1.29 is 23.9 Å². The number of carbonyl (C=O) groups excluding carboxylic acids is 4. The number of aldehydes is 1. The van der Waals surface area contributed by atoms with Gasteiger partial charge in [-0.3, -0.25) is 14.4 Å². The molecule has 0 aliphatic carbocycles. The lowest BCUT2D eigenvalue weighted by Crippen LogP contribution is -2.53. The summed E-state index contributed by atoms with van der Waals surface area (Å²) in [5, 5.41) is 10.6. The first-order chi connectivity index (χ1) is 16.4. The Kier molecular flexibility index (Phi) is 9.80. The Balaban J connectivity index is 2.06. The molecule has 2 aromatic rings. The van der Waals surface area contributed by atoms with Crippen LogP contribution in [-0.4, -0.2) is 47.8 Å². The lowest BCUT2D eigenvalue weighted by molar-refractivity contribution is -0.156. The van der Waals surface area contributed by atoms with Crippen LogP contribution in [0.5, 0.6) is 0 Å². The molecule has 0 bridgehead atoms. The Labute approximate surface area is 207 Å². The standard InChI is InChI=1S/C27H37N3O5/c1-17(2)14-23(26(34)29-20(16-31)15-24(32)35-27(4,5)6)30-25(33)18(3)28-22-13-9-11-19-10-7-8-12-21(19)22/h7-13,16-18,20,23,28H,14-15H2,1-6H3,(H,29,34)(H,30,33)/t18?,20-,23?/m0/s1. The Morgan fingerprint density at radius 3 is 2.23 bits per heavy atom. The molecule has 190 valence electrons. The average Bonchev–Trinajstić information content (AvgIpc) is 2.76. The number of rotatable bonds is 11. The van der Waals surface area contributed by atoms with Crippen LogP contribution in [0.3, 0.4) is 0 Å². The molecule has 0 saturated carbocycles. The van der Waals surface area contributed by atoms with Gasteiger partial charge in [-0.05, 0) is 51.5 Å². The summed E-state index contributed by atoms with van der Waals surface area (Å²) in [5.41, 5.74) is 0.115. The summed E-state index contributed by atoms with van der Waals surface area (Å²) in [4.78, 5) is 49.5. The molecule has 0 radical (unpaired) electrons. The molecule has 0 aliphatic rings. The largest absolute Gasteiger partial charge is 0.460 e. The first-order valence-electron chi connectivity index (χ1n) is 11.9.